The fourth-order valence-corrected chi connectivity index (χ4v) is 3.72. The van der Waals surface area contributed by atoms with Gasteiger partial charge in [-0.1, -0.05) is 25.3 Å². The first-order valence-electron chi connectivity index (χ1n) is 6.43. The highest BCUT2D eigenvalue weighted by atomic mass is 32.2. The minimum atomic E-state index is -1.59. The summed E-state index contributed by atoms with van der Waals surface area (Å²) < 4.78 is 13.1. The molecule has 2 N–H and O–H groups in total. The molecule has 0 saturated heterocycles. The van der Waals surface area contributed by atoms with Gasteiger partial charge in [0.1, 0.15) is 5.82 Å². The van der Waals surface area contributed by atoms with E-state index in [1.165, 1.54) is 44.2 Å². The Labute approximate surface area is 112 Å². The normalized spacial score (nSPS) is 16.8. The Morgan fingerprint density at radius 2 is 1.94 bits per heavy atom. The molecule has 1 aromatic rings. The highest BCUT2D eigenvalue weighted by Gasteiger charge is 2.19. The highest BCUT2D eigenvalue weighted by Crippen LogP contribution is 2.30. The Hall–Kier alpha value is -0.515. The Morgan fingerprint density at radius 1 is 1.22 bits per heavy atom. The maximum Gasteiger partial charge on any atom is 0.488 e. The van der Waals surface area contributed by atoms with E-state index in [-0.39, 0.29) is 0 Å². The Kier molecular flexibility index (Phi) is 5.09. The van der Waals surface area contributed by atoms with Crippen molar-refractivity contribution in [1.82, 2.24) is 0 Å². The van der Waals surface area contributed by atoms with Crippen LogP contribution in [-0.2, 0) is 5.75 Å². The quantitative estimate of drug-likeness (QED) is 0.821. The standard InChI is InChI=1S/C13H18BFO2S/c15-11-7-6-10(13(8-11)14(16)17)9-18-12-4-2-1-3-5-12/h6-8,12,16-17H,1-5,9H2. The summed E-state index contributed by atoms with van der Waals surface area (Å²) in [5.41, 5.74) is 1.11. The van der Waals surface area contributed by atoms with Gasteiger partial charge in [0.15, 0.2) is 0 Å². The molecule has 0 atom stereocenters. The number of hydrogen-bond donors (Lipinski definition) is 2. The number of rotatable bonds is 4. The maximum absolute atomic E-state index is 13.1. The molecule has 1 aliphatic carbocycles. The van der Waals surface area contributed by atoms with Crippen LogP contribution in [0.4, 0.5) is 4.39 Å². The minimum Gasteiger partial charge on any atom is -0.423 e. The Balaban J connectivity index is 1.99. The first kappa shape index (κ1) is 13.9. The van der Waals surface area contributed by atoms with Gasteiger partial charge in [-0.3, -0.25) is 0 Å². The summed E-state index contributed by atoms with van der Waals surface area (Å²) in [6, 6.07) is 4.24. The van der Waals surface area contributed by atoms with E-state index in [0.29, 0.717) is 10.7 Å². The van der Waals surface area contributed by atoms with Gasteiger partial charge in [0, 0.05) is 11.0 Å². The Morgan fingerprint density at radius 3 is 2.61 bits per heavy atom. The van der Waals surface area contributed by atoms with Crippen molar-refractivity contribution in [2.75, 3.05) is 0 Å². The predicted octanol–water partition coefficient (Wildman–Crippen LogP) is 2.07. The average molecular weight is 268 g/mol. The lowest BCUT2D eigenvalue weighted by Crippen LogP contribution is -2.33. The topological polar surface area (TPSA) is 40.5 Å². The van der Waals surface area contributed by atoms with E-state index in [1.807, 2.05) is 11.8 Å². The number of benzene rings is 1. The lowest BCUT2D eigenvalue weighted by Gasteiger charge is -2.21. The van der Waals surface area contributed by atoms with Crippen molar-refractivity contribution in [2.24, 2.45) is 0 Å². The molecule has 1 saturated carbocycles. The van der Waals surface area contributed by atoms with Crippen LogP contribution < -0.4 is 5.46 Å². The monoisotopic (exact) mass is 268 g/mol. The van der Waals surface area contributed by atoms with Crippen LogP contribution in [0.15, 0.2) is 18.2 Å². The number of halogens is 1. The zero-order chi connectivity index (χ0) is 13.0. The van der Waals surface area contributed by atoms with Gasteiger partial charge in [0.2, 0.25) is 0 Å². The van der Waals surface area contributed by atoms with E-state index in [2.05, 4.69) is 0 Å². The fraction of sp³-hybridized carbons (Fsp3) is 0.538. The summed E-state index contributed by atoms with van der Waals surface area (Å²) >= 11 is 1.84. The van der Waals surface area contributed by atoms with Crippen LogP contribution >= 0.6 is 11.8 Å². The first-order valence-corrected chi connectivity index (χ1v) is 7.48. The van der Waals surface area contributed by atoms with Crippen molar-refractivity contribution in [1.29, 1.82) is 0 Å². The molecule has 0 amide bonds. The molecule has 1 aliphatic rings. The van der Waals surface area contributed by atoms with E-state index in [9.17, 15) is 14.4 Å². The van der Waals surface area contributed by atoms with Crippen LogP contribution in [0.3, 0.4) is 0 Å². The lowest BCUT2D eigenvalue weighted by atomic mass is 9.77. The van der Waals surface area contributed by atoms with Crippen molar-refractivity contribution in [3.63, 3.8) is 0 Å². The van der Waals surface area contributed by atoms with Gasteiger partial charge in [0.25, 0.3) is 0 Å². The third-order valence-electron chi connectivity index (χ3n) is 3.41. The summed E-state index contributed by atoms with van der Waals surface area (Å²) in [5, 5.41) is 19.2. The fourth-order valence-electron chi connectivity index (χ4n) is 2.38. The van der Waals surface area contributed by atoms with E-state index in [0.717, 1.165) is 11.3 Å². The summed E-state index contributed by atoms with van der Waals surface area (Å²) in [4.78, 5) is 0. The molecule has 98 valence electrons. The summed E-state index contributed by atoms with van der Waals surface area (Å²) in [5.74, 6) is 0.294. The molecule has 2 nitrogen and oxygen atoms in total. The lowest BCUT2D eigenvalue weighted by molar-refractivity contribution is 0.425. The molecular weight excluding hydrogens is 250 g/mol. The van der Waals surface area contributed by atoms with Crippen molar-refractivity contribution < 1.29 is 14.4 Å². The molecule has 0 unspecified atom stereocenters. The zero-order valence-corrected chi connectivity index (χ0v) is 11.1. The molecule has 18 heavy (non-hydrogen) atoms. The highest BCUT2D eigenvalue weighted by molar-refractivity contribution is 7.99. The molecule has 0 spiro atoms. The van der Waals surface area contributed by atoms with E-state index in [1.54, 1.807) is 6.07 Å². The molecule has 0 aliphatic heterocycles. The first-order chi connectivity index (χ1) is 8.66. The predicted molar refractivity (Wildman–Crippen MR) is 74.4 cm³/mol. The van der Waals surface area contributed by atoms with Crippen LogP contribution in [-0.4, -0.2) is 22.4 Å². The Bertz CT molecular complexity index is 395. The molecule has 0 bridgehead atoms. The number of thioether (sulfide) groups is 1. The third-order valence-corrected chi connectivity index (χ3v) is 4.83. The van der Waals surface area contributed by atoms with Crippen LogP contribution in [0.2, 0.25) is 0 Å². The van der Waals surface area contributed by atoms with Crippen molar-refractivity contribution in [2.45, 2.75) is 43.1 Å². The zero-order valence-electron chi connectivity index (χ0n) is 10.3. The largest absolute Gasteiger partial charge is 0.488 e. The second-order valence-corrected chi connectivity index (χ2v) is 6.08. The summed E-state index contributed by atoms with van der Waals surface area (Å²) in [6.45, 7) is 0. The SMILES string of the molecule is OB(O)c1cc(F)ccc1CSC1CCCCC1. The van der Waals surface area contributed by atoms with Gasteiger partial charge in [0.05, 0.1) is 0 Å². The second kappa shape index (κ2) is 6.59. The van der Waals surface area contributed by atoms with Crippen LogP contribution in [0.5, 0.6) is 0 Å². The van der Waals surface area contributed by atoms with Gasteiger partial charge < -0.3 is 10.0 Å². The number of hydrogen-bond acceptors (Lipinski definition) is 3. The van der Waals surface area contributed by atoms with Crippen LogP contribution in [0.1, 0.15) is 37.7 Å². The average Bonchev–Trinajstić information content (AvgIpc) is 2.38. The van der Waals surface area contributed by atoms with E-state index in [4.69, 9.17) is 0 Å². The van der Waals surface area contributed by atoms with Crippen molar-refractivity contribution in [3.05, 3.63) is 29.6 Å². The summed E-state index contributed by atoms with van der Waals surface area (Å²) in [7, 11) is -1.59. The second-order valence-electron chi connectivity index (χ2n) is 4.79. The molecule has 1 aromatic carbocycles. The molecule has 1 fully saturated rings. The molecule has 0 aromatic heterocycles. The van der Waals surface area contributed by atoms with Gasteiger partial charge in [-0.2, -0.15) is 11.8 Å². The van der Waals surface area contributed by atoms with Crippen LogP contribution in [0, 0.1) is 5.82 Å². The van der Waals surface area contributed by atoms with E-state index >= 15 is 0 Å². The van der Waals surface area contributed by atoms with Crippen molar-refractivity contribution >= 4 is 24.3 Å². The molecule has 0 radical (unpaired) electrons. The maximum atomic E-state index is 13.1. The molecule has 5 heteroatoms. The smallest absolute Gasteiger partial charge is 0.423 e. The van der Waals surface area contributed by atoms with E-state index < -0.39 is 12.9 Å². The molecule has 2 rings (SSSR count). The molecule has 0 heterocycles. The van der Waals surface area contributed by atoms with Gasteiger partial charge in [-0.05, 0) is 36.0 Å². The van der Waals surface area contributed by atoms with Gasteiger partial charge in [-0.25, -0.2) is 4.39 Å². The van der Waals surface area contributed by atoms with Crippen molar-refractivity contribution in [3.8, 4) is 0 Å². The van der Waals surface area contributed by atoms with Gasteiger partial charge in [-0.15, -0.1) is 0 Å². The van der Waals surface area contributed by atoms with Gasteiger partial charge >= 0.3 is 7.12 Å². The minimum absolute atomic E-state index is 0.290. The third kappa shape index (κ3) is 3.74. The van der Waals surface area contributed by atoms with Crippen LogP contribution in [0.25, 0.3) is 0 Å². The summed E-state index contributed by atoms with van der Waals surface area (Å²) in [6.07, 6.45) is 6.38. The molecular formula is C13H18BFO2S.